The Hall–Kier alpha value is -4.51. The van der Waals surface area contributed by atoms with Crippen LogP contribution in [0.5, 0.6) is 5.75 Å². The van der Waals surface area contributed by atoms with Crippen molar-refractivity contribution in [2.24, 2.45) is 17.6 Å². The SMILES string of the molecule is COc1cc(C(=O)N2C[C@H]3CC[C@@H]2[C@@H]3N)cc2nc(-c3cc4cccnc4n3CC3CC3)n(C3CN(c4ncccn4)C3)c12. The number of carbonyl (C=O) groups excluding carboxylic acids is 1. The van der Waals surface area contributed by atoms with Gasteiger partial charge in [-0.2, -0.15) is 0 Å². The second kappa shape index (κ2) is 9.75. The standard InChI is InChI=1S/C33H35N9O2/c1-44-27-14-22(32(43)41-16-21-7-8-25(41)28(21)34)12-24-29(27)42(23-17-39(18-23)33-36-10-3-11-37-33)31(38-24)26-13-20-4-2-9-35-30(20)40(26)15-19-5-6-19/h2-4,9-14,19,21,23,25,28H,5-8,15-18,34H2,1H3/t21-,25-,28-/m1/s1. The Morgan fingerprint density at radius 2 is 1.82 bits per heavy atom. The van der Waals surface area contributed by atoms with Crippen LogP contribution in [0, 0.1) is 11.8 Å². The number of aromatic nitrogens is 6. The molecule has 0 spiro atoms. The first-order valence-corrected chi connectivity index (χ1v) is 15.7. The minimum atomic E-state index is 0.00652. The average Bonchev–Trinajstić information content (AvgIpc) is 3.38. The number of anilines is 1. The summed E-state index contributed by atoms with van der Waals surface area (Å²) in [4.78, 5) is 37.1. The minimum absolute atomic E-state index is 0.00652. The maximum Gasteiger partial charge on any atom is 0.254 e. The van der Waals surface area contributed by atoms with Gasteiger partial charge in [0.25, 0.3) is 5.91 Å². The van der Waals surface area contributed by atoms with Crippen molar-refractivity contribution in [2.75, 3.05) is 31.6 Å². The Bertz CT molecular complexity index is 1910. The maximum atomic E-state index is 13.9. The molecule has 224 valence electrons. The highest BCUT2D eigenvalue weighted by Crippen LogP contribution is 2.42. The van der Waals surface area contributed by atoms with Crippen LogP contribution in [0.2, 0.25) is 0 Å². The Morgan fingerprint density at radius 3 is 2.55 bits per heavy atom. The third-order valence-corrected chi connectivity index (χ3v) is 10.2. The summed E-state index contributed by atoms with van der Waals surface area (Å²) in [6, 6.07) is 12.3. The number of benzene rings is 1. The van der Waals surface area contributed by atoms with E-state index in [9.17, 15) is 4.79 Å². The highest BCUT2D eigenvalue weighted by Gasteiger charge is 2.47. The van der Waals surface area contributed by atoms with Crippen molar-refractivity contribution < 1.29 is 9.53 Å². The molecule has 2 N–H and O–H groups in total. The van der Waals surface area contributed by atoms with Crippen molar-refractivity contribution in [3.8, 4) is 17.3 Å². The Morgan fingerprint density at radius 1 is 1.00 bits per heavy atom. The van der Waals surface area contributed by atoms with Crippen molar-refractivity contribution in [1.29, 1.82) is 0 Å². The molecule has 1 aromatic carbocycles. The van der Waals surface area contributed by atoms with Gasteiger partial charge in [0.1, 0.15) is 16.9 Å². The van der Waals surface area contributed by atoms with Crippen molar-refractivity contribution >= 4 is 33.9 Å². The molecule has 11 heteroatoms. The second-order valence-corrected chi connectivity index (χ2v) is 12.9. The van der Waals surface area contributed by atoms with Gasteiger partial charge in [-0.3, -0.25) is 4.79 Å². The molecule has 1 amide bonds. The molecular formula is C33H35N9O2. The van der Waals surface area contributed by atoms with Crippen LogP contribution in [0.4, 0.5) is 5.95 Å². The molecule has 6 heterocycles. The monoisotopic (exact) mass is 589 g/mol. The lowest BCUT2D eigenvalue weighted by molar-refractivity contribution is 0.0700. The van der Waals surface area contributed by atoms with E-state index in [1.54, 1.807) is 19.5 Å². The summed E-state index contributed by atoms with van der Waals surface area (Å²) < 4.78 is 10.7. The van der Waals surface area contributed by atoms with E-state index in [0.717, 1.165) is 78.6 Å². The van der Waals surface area contributed by atoms with Gasteiger partial charge in [-0.15, -0.1) is 0 Å². The molecule has 0 radical (unpaired) electrons. The number of imidazole rings is 1. The van der Waals surface area contributed by atoms with E-state index >= 15 is 0 Å². The van der Waals surface area contributed by atoms with Gasteiger partial charge >= 0.3 is 0 Å². The normalized spacial score (nSPS) is 23.2. The fourth-order valence-electron chi connectivity index (χ4n) is 7.71. The van der Waals surface area contributed by atoms with Gasteiger partial charge in [0.2, 0.25) is 5.95 Å². The van der Waals surface area contributed by atoms with Gasteiger partial charge in [-0.25, -0.2) is 19.9 Å². The number of rotatable bonds is 7. The second-order valence-electron chi connectivity index (χ2n) is 12.9. The summed E-state index contributed by atoms with van der Waals surface area (Å²) >= 11 is 0. The molecule has 4 aliphatic rings. The molecule has 4 aromatic heterocycles. The first-order chi connectivity index (χ1) is 21.6. The summed E-state index contributed by atoms with van der Waals surface area (Å²) in [5, 5.41) is 1.10. The fraction of sp³-hybridized carbons (Fsp3) is 0.424. The quantitative estimate of drug-likeness (QED) is 0.304. The lowest BCUT2D eigenvalue weighted by atomic mass is 10.1. The van der Waals surface area contributed by atoms with E-state index in [4.69, 9.17) is 20.4 Å². The van der Waals surface area contributed by atoms with Gasteiger partial charge in [-0.1, -0.05) is 0 Å². The third-order valence-electron chi connectivity index (χ3n) is 10.2. The van der Waals surface area contributed by atoms with Crippen molar-refractivity contribution in [3.63, 3.8) is 0 Å². The van der Waals surface area contributed by atoms with Crippen LogP contribution < -0.4 is 15.4 Å². The third kappa shape index (κ3) is 3.94. The molecule has 44 heavy (non-hydrogen) atoms. The van der Waals surface area contributed by atoms with Gasteiger partial charge in [0.15, 0.2) is 5.82 Å². The number of methoxy groups -OCH3 is 1. The molecule has 3 atom stereocenters. The van der Waals surface area contributed by atoms with E-state index in [-0.39, 0.29) is 24.0 Å². The first kappa shape index (κ1) is 25.9. The summed E-state index contributed by atoms with van der Waals surface area (Å²) in [5.41, 5.74) is 10.7. The van der Waals surface area contributed by atoms with E-state index in [2.05, 4.69) is 36.1 Å². The van der Waals surface area contributed by atoms with Crippen molar-refractivity contribution in [2.45, 2.75) is 50.4 Å². The number of piperidine rings is 1. The highest BCUT2D eigenvalue weighted by atomic mass is 16.5. The topological polar surface area (TPSA) is 120 Å². The molecule has 4 fully saturated rings. The molecule has 2 aliphatic carbocycles. The molecule has 2 saturated heterocycles. The first-order valence-electron chi connectivity index (χ1n) is 15.7. The Kier molecular flexibility index (Phi) is 5.75. The van der Waals surface area contributed by atoms with Crippen LogP contribution in [0.15, 0.2) is 55.0 Å². The number of nitrogens with two attached hydrogens (primary N) is 1. The summed E-state index contributed by atoms with van der Waals surface area (Å²) in [6.45, 7) is 3.11. The number of hydrogen-bond acceptors (Lipinski definition) is 8. The summed E-state index contributed by atoms with van der Waals surface area (Å²) in [7, 11) is 1.67. The number of pyridine rings is 1. The van der Waals surface area contributed by atoms with Gasteiger partial charge in [-0.05, 0) is 73.9 Å². The van der Waals surface area contributed by atoms with E-state index in [1.165, 1.54) is 12.8 Å². The van der Waals surface area contributed by atoms with Crippen molar-refractivity contribution in [3.05, 3.63) is 60.6 Å². The molecule has 2 saturated carbocycles. The zero-order chi connectivity index (χ0) is 29.5. The molecular weight excluding hydrogens is 554 g/mol. The Balaban J connectivity index is 1.19. The minimum Gasteiger partial charge on any atom is -0.494 e. The van der Waals surface area contributed by atoms with E-state index in [1.807, 2.05) is 35.4 Å². The number of likely N-dealkylation sites (tertiary alicyclic amines) is 1. The predicted octanol–water partition coefficient (Wildman–Crippen LogP) is 3.88. The molecule has 2 aliphatic heterocycles. The largest absolute Gasteiger partial charge is 0.494 e. The number of nitrogens with zero attached hydrogens (tertiary/aromatic N) is 8. The van der Waals surface area contributed by atoms with Crippen LogP contribution in [-0.4, -0.2) is 78.7 Å². The molecule has 5 aromatic rings. The number of carbonyl (C=O) groups is 1. The zero-order valence-electron chi connectivity index (χ0n) is 24.7. The van der Waals surface area contributed by atoms with Crippen LogP contribution >= 0.6 is 0 Å². The fourth-order valence-corrected chi connectivity index (χ4v) is 7.71. The molecule has 9 rings (SSSR count). The van der Waals surface area contributed by atoms with Crippen LogP contribution in [0.1, 0.15) is 42.1 Å². The summed E-state index contributed by atoms with van der Waals surface area (Å²) in [6.07, 6.45) is 9.95. The van der Waals surface area contributed by atoms with Crippen LogP contribution in [0.25, 0.3) is 33.6 Å². The number of fused-ring (bicyclic) bond motifs is 4. The predicted molar refractivity (Wildman–Crippen MR) is 167 cm³/mol. The van der Waals surface area contributed by atoms with Gasteiger partial charge in [0.05, 0.1) is 24.4 Å². The lowest BCUT2D eigenvalue weighted by Gasteiger charge is -2.40. The molecule has 2 bridgehead atoms. The lowest BCUT2D eigenvalue weighted by Crippen LogP contribution is -2.48. The molecule has 11 nitrogen and oxygen atoms in total. The van der Waals surface area contributed by atoms with E-state index in [0.29, 0.717) is 23.1 Å². The van der Waals surface area contributed by atoms with Crippen LogP contribution in [0.3, 0.4) is 0 Å². The van der Waals surface area contributed by atoms with Crippen molar-refractivity contribution in [1.82, 2.24) is 34.0 Å². The van der Waals surface area contributed by atoms with Gasteiger partial charge < -0.3 is 29.4 Å². The Labute approximate surface area is 254 Å². The smallest absolute Gasteiger partial charge is 0.254 e. The highest BCUT2D eigenvalue weighted by molar-refractivity contribution is 6.00. The number of ether oxygens (including phenoxy) is 1. The molecule has 0 unspecified atom stereocenters. The van der Waals surface area contributed by atoms with Crippen LogP contribution in [-0.2, 0) is 6.54 Å². The number of amides is 1. The summed E-state index contributed by atoms with van der Waals surface area (Å²) in [5.74, 6) is 3.28. The average molecular weight is 590 g/mol. The maximum absolute atomic E-state index is 13.9. The van der Waals surface area contributed by atoms with E-state index < -0.39 is 0 Å². The zero-order valence-corrected chi connectivity index (χ0v) is 24.7. The van der Waals surface area contributed by atoms with Gasteiger partial charge in [0, 0.05) is 67.8 Å². The number of hydrogen-bond donors (Lipinski definition) is 1.